The molecule has 0 unspecified atom stereocenters. The minimum atomic E-state index is -0.388. The third-order valence-corrected chi connectivity index (χ3v) is 3.85. The zero-order valence-electron chi connectivity index (χ0n) is 13.4. The second kappa shape index (κ2) is 7.00. The first-order valence-electron chi connectivity index (χ1n) is 7.68. The van der Waals surface area contributed by atoms with Gasteiger partial charge in [0.25, 0.3) is 5.69 Å². The van der Waals surface area contributed by atoms with E-state index in [0.717, 1.165) is 11.1 Å². The molecular weight excluding hydrogens is 304 g/mol. The largest absolute Gasteiger partial charge is 0.616 e. The van der Waals surface area contributed by atoms with Gasteiger partial charge in [-0.25, -0.2) is 0 Å². The monoisotopic (exact) mass is 322 g/mol. The van der Waals surface area contributed by atoms with Crippen molar-refractivity contribution < 1.29 is 9.47 Å². The number of nitrogens with zero attached hydrogens (tertiary/aromatic N) is 1. The maximum atomic E-state index is 12.6. The van der Waals surface area contributed by atoms with Gasteiger partial charge >= 0.3 is 11.4 Å². The van der Waals surface area contributed by atoms with E-state index in [2.05, 4.69) is 4.98 Å². The summed E-state index contributed by atoms with van der Waals surface area (Å²) in [6.45, 7) is 0. The summed E-state index contributed by atoms with van der Waals surface area (Å²) in [6, 6.07) is 19.0. The van der Waals surface area contributed by atoms with E-state index in [-0.39, 0.29) is 23.6 Å². The second-order valence-electron chi connectivity index (χ2n) is 5.51. The predicted octanol–water partition coefficient (Wildman–Crippen LogP) is 2.20. The Morgan fingerprint density at radius 2 is 1.50 bits per heavy atom. The lowest BCUT2D eigenvalue weighted by Gasteiger charge is -2.11. The highest BCUT2D eigenvalue weighted by atomic mass is 16.5. The number of methoxy groups -OCH3 is 1. The molecule has 3 aromatic rings. The molecule has 0 saturated carbocycles. The summed E-state index contributed by atoms with van der Waals surface area (Å²) in [7, 11) is 1.43. The number of hydrogen-bond donors (Lipinski definition) is 1. The number of aromatic amines is 1. The van der Waals surface area contributed by atoms with Crippen LogP contribution in [-0.4, -0.2) is 12.1 Å². The van der Waals surface area contributed by atoms with Crippen molar-refractivity contribution in [3.63, 3.8) is 0 Å². The van der Waals surface area contributed by atoms with Crippen molar-refractivity contribution in [2.24, 2.45) is 0 Å². The molecule has 5 nitrogen and oxygen atoms in total. The first-order valence-corrected chi connectivity index (χ1v) is 7.68. The molecule has 24 heavy (non-hydrogen) atoms. The summed E-state index contributed by atoms with van der Waals surface area (Å²) < 4.78 is 5.86. The maximum Gasteiger partial charge on any atom is 0.400 e. The van der Waals surface area contributed by atoms with E-state index in [4.69, 9.17) is 4.74 Å². The summed E-state index contributed by atoms with van der Waals surface area (Å²) in [4.78, 5) is 15.2. The molecular formula is C19H18N2O3. The van der Waals surface area contributed by atoms with Gasteiger partial charge in [-0.3, -0.25) is 4.79 Å². The number of rotatable bonds is 5. The quantitative estimate of drug-likeness (QED) is 0.578. The molecule has 1 aromatic heterocycles. The number of aromatic nitrogens is 2. The minimum absolute atomic E-state index is 0.120. The first-order chi connectivity index (χ1) is 11.7. The van der Waals surface area contributed by atoms with E-state index in [9.17, 15) is 10.0 Å². The molecule has 3 rings (SSSR count). The van der Waals surface area contributed by atoms with Crippen LogP contribution >= 0.6 is 0 Å². The van der Waals surface area contributed by atoms with Crippen LogP contribution in [0.2, 0.25) is 0 Å². The smallest absolute Gasteiger partial charge is 0.400 e. The summed E-state index contributed by atoms with van der Waals surface area (Å²) in [6.07, 6.45) is 0.675. The summed E-state index contributed by atoms with van der Waals surface area (Å²) in [5.74, 6) is 0.129. The Bertz CT molecular complexity index is 874. The highest BCUT2D eigenvalue weighted by Gasteiger charge is 2.23. The van der Waals surface area contributed by atoms with Gasteiger partial charge in [-0.2, -0.15) is 0 Å². The predicted molar refractivity (Wildman–Crippen MR) is 91.1 cm³/mol. The average molecular weight is 322 g/mol. The zero-order valence-corrected chi connectivity index (χ0v) is 13.4. The topological polar surface area (TPSA) is 69.0 Å². The molecule has 0 saturated heterocycles. The fourth-order valence-electron chi connectivity index (χ4n) is 2.67. The Morgan fingerprint density at radius 1 is 0.958 bits per heavy atom. The van der Waals surface area contributed by atoms with Crippen LogP contribution in [0, 0.1) is 5.21 Å². The molecule has 0 atom stereocenters. The highest BCUT2D eigenvalue weighted by molar-refractivity contribution is 5.26. The molecule has 5 heteroatoms. The van der Waals surface area contributed by atoms with Crippen LogP contribution in [0.25, 0.3) is 0 Å². The molecule has 0 fully saturated rings. The van der Waals surface area contributed by atoms with Crippen LogP contribution in [0.3, 0.4) is 0 Å². The van der Waals surface area contributed by atoms with E-state index >= 15 is 0 Å². The Kier molecular flexibility index (Phi) is 4.61. The molecule has 1 N–H and O–H groups in total. The fourth-order valence-corrected chi connectivity index (χ4v) is 2.67. The highest BCUT2D eigenvalue weighted by Crippen LogP contribution is 2.15. The molecule has 0 aliphatic rings. The van der Waals surface area contributed by atoms with Gasteiger partial charge < -0.3 is 14.9 Å². The lowest BCUT2D eigenvalue weighted by atomic mass is 10.1. The minimum Gasteiger partial charge on any atom is -0.616 e. The number of nitrogens with one attached hydrogen (secondary N) is 1. The Labute approximate surface area is 139 Å². The average Bonchev–Trinajstić information content (AvgIpc) is 2.61. The van der Waals surface area contributed by atoms with Crippen molar-refractivity contribution in [3.8, 4) is 5.88 Å². The Morgan fingerprint density at radius 3 is 2.04 bits per heavy atom. The van der Waals surface area contributed by atoms with Crippen molar-refractivity contribution >= 4 is 0 Å². The molecule has 2 aromatic carbocycles. The van der Waals surface area contributed by atoms with E-state index < -0.39 is 0 Å². The second-order valence-corrected chi connectivity index (χ2v) is 5.51. The number of ether oxygens (including phenoxy) is 1. The van der Waals surface area contributed by atoms with Gasteiger partial charge in [0.15, 0.2) is 0 Å². The van der Waals surface area contributed by atoms with Gasteiger partial charge in [-0.1, -0.05) is 60.7 Å². The Balaban J connectivity index is 2.00. The van der Waals surface area contributed by atoms with Gasteiger partial charge in [0.2, 0.25) is 0 Å². The van der Waals surface area contributed by atoms with Gasteiger partial charge in [-0.15, -0.1) is 4.73 Å². The van der Waals surface area contributed by atoms with Gasteiger partial charge in [-0.05, 0) is 11.1 Å². The number of H-pyrrole nitrogens is 1. The molecule has 1 heterocycles. The van der Waals surface area contributed by atoms with Crippen molar-refractivity contribution in [2.45, 2.75) is 12.8 Å². The summed E-state index contributed by atoms with van der Waals surface area (Å²) in [5, 5.41) is 12.6. The van der Waals surface area contributed by atoms with Gasteiger partial charge in [0.05, 0.1) is 13.5 Å². The standard InChI is InChI=1S/C19H18N2O3/c1-24-19-16(12-14-8-4-2-5-9-14)20-18(22)17(21(19)23)13-15-10-6-3-7-11-15/h2-11H,12-13H2,1H3,(H,20,22). The molecule has 0 aliphatic heterocycles. The molecule has 0 bridgehead atoms. The third kappa shape index (κ3) is 3.30. The van der Waals surface area contributed by atoms with Crippen LogP contribution < -0.4 is 15.0 Å². The lowest BCUT2D eigenvalue weighted by Crippen LogP contribution is -2.42. The molecule has 0 spiro atoms. The van der Waals surface area contributed by atoms with Crippen LogP contribution in [-0.2, 0) is 12.8 Å². The van der Waals surface area contributed by atoms with E-state index in [0.29, 0.717) is 16.8 Å². The third-order valence-electron chi connectivity index (χ3n) is 3.85. The van der Waals surface area contributed by atoms with Crippen LogP contribution in [0.1, 0.15) is 22.5 Å². The van der Waals surface area contributed by atoms with E-state index in [1.165, 1.54) is 7.11 Å². The summed E-state index contributed by atoms with van der Waals surface area (Å²) >= 11 is 0. The number of hydrogen-bond acceptors (Lipinski definition) is 3. The molecule has 0 radical (unpaired) electrons. The zero-order chi connectivity index (χ0) is 16.9. The van der Waals surface area contributed by atoms with Crippen molar-refractivity contribution in [1.82, 2.24) is 4.98 Å². The van der Waals surface area contributed by atoms with Crippen LogP contribution in [0.15, 0.2) is 65.5 Å². The lowest BCUT2D eigenvalue weighted by molar-refractivity contribution is -0.622. The fraction of sp³-hybridized carbons (Fsp3) is 0.158. The maximum absolute atomic E-state index is 12.6. The molecule has 0 aliphatic carbocycles. The van der Waals surface area contributed by atoms with Crippen molar-refractivity contribution in [1.29, 1.82) is 0 Å². The normalized spacial score (nSPS) is 10.5. The van der Waals surface area contributed by atoms with Crippen LogP contribution in [0.5, 0.6) is 5.88 Å². The Hall–Kier alpha value is -3.08. The van der Waals surface area contributed by atoms with Crippen molar-refractivity contribution in [3.05, 3.63) is 98.7 Å². The van der Waals surface area contributed by atoms with E-state index in [1.807, 2.05) is 60.7 Å². The molecule has 0 amide bonds. The SMILES string of the molecule is COc1c(Cc2ccccc2)[nH]c(=O)c(Cc2ccccc2)[n+]1[O-]. The van der Waals surface area contributed by atoms with E-state index in [1.54, 1.807) is 0 Å². The van der Waals surface area contributed by atoms with Gasteiger partial charge in [0, 0.05) is 6.42 Å². The summed E-state index contributed by atoms with van der Waals surface area (Å²) in [5.41, 5.74) is 2.09. The van der Waals surface area contributed by atoms with Crippen LogP contribution in [0.4, 0.5) is 0 Å². The number of benzene rings is 2. The van der Waals surface area contributed by atoms with Gasteiger partial charge in [0.1, 0.15) is 5.69 Å². The molecule has 122 valence electrons. The first kappa shape index (κ1) is 15.8. The van der Waals surface area contributed by atoms with Crippen molar-refractivity contribution in [2.75, 3.05) is 7.11 Å².